The molecule has 4 rings (SSSR count). The van der Waals surface area contributed by atoms with Gasteiger partial charge in [0.05, 0.1) is 11.2 Å². The second-order valence-corrected chi connectivity index (χ2v) is 8.57. The van der Waals surface area contributed by atoms with E-state index in [9.17, 15) is 9.59 Å². The maximum atomic E-state index is 12.7. The molecule has 1 amide bonds. The molecular formula is C24H16Cl2N2O4S. The Morgan fingerprint density at radius 3 is 2.61 bits per heavy atom. The lowest BCUT2D eigenvalue weighted by Gasteiger charge is -2.07. The number of para-hydroxylation sites is 1. The molecule has 3 aromatic carbocycles. The van der Waals surface area contributed by atoms with Crippen LogP contribution in [0.4, 0.5) is 0 Å². The summed E-state index contributed by atoms with van der Waals surface area (Å²) in [6.07, 6.45) is 1.38. The van der Waals surface area contributed by atoms with Crippen molar-refractivity contribution in [3.63, 3.8) is 0 Å². The van der Waals surface area contributed by atoms with E-state index in [-0.39, 0.29) is 12.4 Å². The van der Waals surface area contributed by atoms with Crippen molar-refractivity contribution >= 4 is 62.7 Å². The van der Waals surface area contributed by atoms with Gasteiger partial charge in [-0.2, -0.15) is 5.10 Å². The molecule has 0 aliphatic heterocycles. The number of hydrogen-bond acceptors (Lipinski definition) is 6. The average Bonchev–Trinajstić information content (AvgIpc) is 3.16. The fraction of sp³-hybridized carbons (Fsp3) is 0.0417. The molecule has 0 aliphatic rings. The van der Waals surface area contributed by atoms with Crippen LogP contribution in [0.5, 0.6) is 11.5 Å². The summed E-state index contributed by atoms with van der Waals surface area (Å²) >= 11 is 13.5. The van der Waals surface area contributed by atoms with Crippen molar-refractivity contribution in [1.29, 1.82) is 0 Å². The van der Waals surface area contributed by atoms with E-state index in [0.717, 1.165) is 10.1 Å². The predicted octanol–water partition coefficient (Wildman–Crippen LogP) is 5.96. The van der Waals surface area contributed by atoms with E-state index in [2.05, 4.69) is 10.5 Å². The Hall–Kier alpha value is -3.39. The minimum atomic E-state index is -0.569. The van der Waals surface area contributed by atoms with E-state index in [1.807, 2.05) is 24.3 Å². The fourth-order valence-corrected chi connectivity index (χ4v) is 4.45. The lowest BCUT2D eigenvalue weighted by molar-refractivity contribution is -0.123. The van der Waals surface area contributed by atoms with Crippen LogP contribution in [-0.2, 0) is 4.79 Å². The number of carbonyl (C=O) groups excluding carboxylic acids is 2. The molecule has 0 spiro atoms. The number of amides is 1. The Labute approximate surface area is 203 Å². The Morgan fingerprint density at radius 2 is 1.79 bits per heavy atom. The first-order valence-electron chi connectivity index (χ1n) is 9.70. The number of rotatable bonds is 7. The normalized spacial score (nSPS) is 11.0. The largest absolute Gasteiger partial charge is 0.484 e. The third-order valence-electron chi connectivity index (χ3n) is 4.40. The zero-order chi connectivity index (χ0) is 23.2. The van der Waals surface area contributed by atoms with Gasteiger partial charge in [0.1, 0.15) is 16.4 Å². The monoisotopic (exact) mass is 498 g/mol. The molecule has 0 fully saturated rings. The molecule has 1 aromatic heterocycles. The number of hydrazone groups is 1. The molecule has 166 valence electrons. The summed E-state index contributed by atoms with van der Waals surface area (Å²) in [6, 6.07) is 21.0. The molecule has 0 bridgehead atoms. The van der Waals surface area contributed by atoms with Crippen LogP contribution in [0.2, 0.25) is 10.0 Å². The third kappa shape index (κ3) is 5.70. The molecule has 0 atom stereocenters. The summed E-state index contributed by atoms with van der Waals surface area (Å²) in [5.41, 5.74) is 2.87. The SMILES string of the molecule is O=C(COc1cccc(Cl)c1)N/N=C/c1ccccc1OC(=O)c1sc2ccccc2c1Cl. The summed E-state index contributed by atoms with van der Waals surface area (Å²) in [5, 5.41) is 5.59. The highest BCUT2D eigenvalue weighted by Gasteiger charge is 2.19. The summed E-state index contributed by atoms with van der Waals surface area (Å²) in [7, 11) is 0. The summed E-state index contributed by atoms with van der Waals surface area (Å²) in [5.74, 6) is -0.276. The number of nitrogens with zero attached hydrogens (tertiary/aromatic N) is 1. The van der Waals surface area contributed by atoms with Crippen LogP contribution >= 0.6 is 34.5 Å². The van der Waals surface area contributed by atoms with Gasteiger partial charge in [-0.3, -0.25) is 4.79 Å². The van der Waals surface area contributed by atoms with Crippen molar-refractivity contribution in [2.24, 2.45) is 5.10 Å². The molecule has 0 saturated carbocycles. The maximum Gasteiger partial charge on any atom is 0.355 e. The van der Waals surface area contributed by atoms with Crippen LogP contribution in [0.15, 0.2) is 77.9 Å². The first-order valence-corrected chi connectivity index (χ1v) is 11.3. The average molecular weight is 499 g/mol. The number of fused-ring (bicyclic) bond motifs is 1. The van der Waals surface area contributed by atoms with E-state index in [0.29, 0.717) is 26.2 Å². The topological polar surface area (TPSA) is 77.0 Å². The molecular weight excluding hydrogens is 483 g/mol. The van der Waals surface area contributed by atoms with Crippen molar-refractivity contribution < 1.29 is 19.1 Å². The first-order chi connectivity index (χ1) is 16.0. The number of esters is 1. The highest BCUT2D eigenvalue weighted by atomic mass is 35.5. The Morgan fingerprint density at radius 1 is 1.00 bits per heavy atom. The van der Waals surface area contributed by atoms with Gasteiger partial charge in [-0.15, -0.1) is 11.3 Å². The van der Waals surface area contributed by atoms with E-state index < -0.39 is 11.9 Å². The lowest BCUT2D eigenvalue weighted by Crippen LogP contribution is -2.24. The van der Waals surface area contributed by atoms with Crippen LogP contribution in [0.3, 0.4) is 0 Å². The maximum absolute atomic E-state index is 12.7. The predicted molar refractivity (Wildman–Crippen MR) is 131 cm³/mol. The van der Waals surface area contributed by atoms with Gasteiger partial charge in [0.2, 0.25) is 0 Å². The first kappa shape index (κ1) is 22.8. The van der Waals surface area contributed by atoms with Gasteiger partial charge < -0.3 is 9.47 Å². The quantitative estimate of drug-likeness (QED) is 0.147. The van der Waals surface area contributed by atoms with Crippen molar-refractivity contribution in [2.45, 2.75) is 0 Å². The smallest absolute Gasteiger partial charge is 0.355 e. The van der Waals surface area contributed by atoms with E-state index >= 15 is 0 Å². The van der Waals surface area contributed by atoms with Gasteiger partial charge in [-0.25, -0.2) is 10.2 Å². The molecule has 0 saturated heterocycles. The lowest BCUT2D eigenvalue weighted by atomic mass is 10.2. The number of halogens is 2. The van der Waals surface area contributed by atoms with Crippen LogP contribution < -0.4 is 14.9 Å². The third-order valence-corrected chi connectivity index (χ3v) is 6.29. The summed E-state index contributed by atoms with van der Waals surface area (Å²) in [4.78, 5) is 25.0. The summed E-state index contributed by atoms with van der Waals surface area (Å²) < 4.78 is 11.8. The summed E-state index contributed by atoms with van der Waals surface area (Å²) in [6.45, 7) is -0.237. The van der Waals surface area contributed by atoms with Crippen molar-refractivity contribution in [3.8, 4) is 11.5 Å². The molecule has 1 heterocycles. The van der Waals surface area contributed by atoms with Gasteiger partial charge in [0, 0.05) is 20.7 Å². The van der Waals surface area contributed by atoms with Crippen LogP contribution in [0.1, 0.15) is 15.2 Å². The number of nitrogens with one attached hydrogen (secondary N) is 1. The minimum Gasteiger partial charge on any atom is -0.484 e. The van der Waals surface area contributed by atoms with Gasteiger partial charge in [0.15, 0.2) is 6.61 Å². The number of benzene rings is 3. The Bertz CT molecular complexity index is 1350. The van der Waals surface area contributed by atoms with Crippen LogP contribution in [0.25, 0.3) is 10.1 Å². The number of ether oxygens (including phenoxy) is 2. The number of hydrogen-bond donors (Lipinski definition) is 1. The molecule has 6 nitrogen and oxygen atoms in total. The molecule has 1 N–H and O–H groups in total. The zero-order valence-corrected chi connectivity index (χ0v) is 19.3. The fourth-order valence-electron chi connectivity index (χ4n) is 2.88. The van der Waals surface area contributed by atoms with E-state index in [4.69, 9.17) is 32.7 Å². The Balaban J connectivity index is 1.39. The van der Waals surface area contributed by atoms with Crippen LogP contribution in [-0.4, -0.2) is 24.7 Å². The van der Waals surface area contributed by atoms with Gasteiger partial charge in [-0.05, 0) is 36.4 Å². The van der Waals surface area contributed by atoms with Gasteiger partial charge >= 0.3 is 5.97 Å². The molecule has 0 unspecified atom stereocenters. The second kappa shape index (κ2) is 10.5. The number of carbonyl (C=O) groups is 2. The van der Waals surface area contributed by atoms with Crippen molar-refractivity contribution in [3.05, 3.63) is 93.3 Å². The molecule has 9 heteroatoms. The van der Waals surface area contributed by atoms with Crippen molar-refractivity contribution in [2.75, 3.05) is 6.61 Å². The minimum absolute atomic E-state index is 0.237. The molecule has 0 radical (unpaired) electrons. The van der Waals surface area contributed by atoms with Gasteiger partial charge in [-0.1, -0.05) is 59.6 Å². The standard InChI is InChI=1S/C24H16Cl2N2O4S/c25-16-7-5-8-17(12-16)31-14-21(29)28-27-13-15-6-1-3-10-19(15)32-24(30)23-22(26)18-9-2-4-11-20(18)33-23/h1-13H,14H2,(H,28,29)/b27-13+. The van der Waals surface area contributed by atoms with Crippen molar-refractivity contribution in [1.82, 2.24) is 5.43 Å². The Kier molecular flexibility index (Phi) is 7.24. The zero-order valence-electron chi connectivity index (χ0n) is 17.0. The van der Waals surface area contributed by atoms with Crippen LogP contribution in [0, 0.1) is 0 Å². The number of thiophene rings is 1. The van der Waals surface area contributed by atoms with Gasteiger partial charge in [0.25, 0.3) is 5.91 Å². The second-order valence-electron chi connectivity index (χ2n) is 6.71. The van der Waals surface area contributed by atoms with E-state index in [1.165, 1.54) is 17.6 Å². The molecule has 33 heavy (non-hydrogen) atoms. The van der Waals surface area contributed by atoms with E-state index in [1.54, 1.807) is 48.5 Å². The molecule has 0 aliphatic carbocycles. The highest BCUT2D eigenvalue weighted by molar-refractivity contribution is 7.21. The molecule has 4 aromatic rings. The highest BCUT2D eigenvalue weighted by Crippen LogP contribution is 2.36.